The van der Waals surface area contributed by atoms with Gasteiger partial charge in [0.15, 0.2) is 0 Å². The van der Waals surface area contributed by atoms with E-state index in [0.717, 1.165) is 15.4 Å². The first-order valence-corrected chi connectivity index (χ1v) is 7.88. The van der Waals surface area contributed by atoms with E-state index in [1.807, 2.05) is 19.1 Å². The summed E-state index contributed by atoms with van der Waals surface area (Å²) < 4.78 is 1.70. The minimum Gasteiger partial charge on any atom is -0.337 e. The molecule has 0 radical (unpaired) electrons. The first-order chi connectivity index (χ1) is 9.02. The summed E-state index contributed by atoms with van der Waals surface area (Å²) >= 11 is 6.78. The zero-order valence-corrected chi connectivity index (χ0v) is 13.8. The summed E-state index contributed by atoms with van der Waals surface area (Å²) in [6.07, 6.45) is 1.27. The molecule has 1 amide bonds. The number of ketones is 1. The fourth-order valence-electron chi connectivity index (χ4n) is 2.28. The van der Waals surface area contributed by atoms with Gasteiger partial charge in [0.05, 0.1) is 5.56 Å². The molecule has 19 heavy (non-hydrogen) atoms. The predicted octanol–water partition coefficient (Wildman–Crippen LogP) is 3.65. The third-order valence-corrected chi connectivity index (χ3v) is 4.62. The van der Waals surface area contributed by atoms with Gasteiger partial charge in [0, 0.05) is 34.4 Å². The largest absolute Gasteiger partial charge is 0.337 e. The quantitative estimate of drug-likeness (QED) is 0.775. The zero-order valence-electron chi connectivity index (χ0n) is 10.7. The van der Waals surface area contributed by atoms with Crippen LogP contribution in [0.5, 0.6) is 0 Å². The van der Waals surface area contributed by atoms with Gasteiger partial charge < -0.3 is 4.90 Å². The molecule has 0 saturated carbocycles. The topological polar surface area (TPSA) is 37.4 Å². The van der Waals surface area contributed by atoms with Crippen LogP contribution in [0.1, 0.15) is 30.1 Å². The van der Waals surface area contributed by atoms with Crippen molar-refractivity contribution < 1.29 is 9.59 Å². The maximum atomic E-state index is 12.5. The molecule has 1 aliphatic heterocycles. The number of piperidine rings is 1. The van der Waals surface area contributed by atoms with Crippen LogP contribution in [-0.4, -0.2) is 29.7 Å². The second-order valence-corrected chi connectivity index (χ2v) is 6.47. The van der Waals surface area contributed by atoms with Gasteiger partial charge in [-0.1, -0.05) is 22.9 Å². The molecule has 1 aromatic carbocycles. The summed E-state index contributed by atoms with van der Waals surface area (Å²) in [5.74, 6) is 0.263. The SMILES string of the molecule is CCC1CN(C(=O)c2ccc(Br)cc2Br)CCC1=O. The number of likely N-dealkylation sites (tertiary alicyclic amines) is 1. The Bertz CT molecular complexity index is 516. The Morgan fingerprint density at radius 1 is 1.42 bits per heavy atom. The van der Waals surface area contributed by atoms with Gasteiger partial charge in [-0.15, -0.1) is 0 Å². The van der Waals surface area contributed by atoms with Crippen LogP contribution in [0.4, 0.5) is 0 Å². The van der Waals surface area contributed by atoms with Crippen molar-refractivity contribution in [1.29, 1.82) is 0 Å². The summed E-state index contributed by atoms with van der Waals surface area (Å²) in [5.41, 5.74) is 0.646. The Labute approximate surface area is 129 Å². The summed E-state index contributed by atoms with van der Waals surface area (Å²) in [4.78, 5) is 25.9. The standard InChI is InChI=1S/C14H15Br2NO2/c1-2-9-8-17(6-5-13(9)18)14(19)11-4-3-10(15)7-12(11)16/h3-4,7,9H,2,5-6,8H2,1H3. The van der Waals surface area contributed by atoms with E-state index >= 15 is 0 Å². The molecule has 1 aliphatic rings. The molecule has 0 aliphatic carbocycles. The maximum Gasteiger partial charge on any atom is 0.255 e. The van der Waals surface area contributed by atoms with E-state index < -0.39 is 0 Å². The van der Waals surface area contributed by atoms with Crippen molar-refractivity contribution in [3.63, 3.8) is 0 Å². The predicted molar refractivity (Wildman–Crippen MR) is 81.2 cm³/mol. The molecule has 1 saturated heterocycles. The third kappa shape index (κ3) is 3.26. The summed E-state index contributed by atoms with van der Waals surface area (Å²) in [5, 5.41) is 0. The monoisotopic (exact) mass is 387 g/mol. The maximum absolute atomic E-state index is 12.5. The summed E-state index contributed by atoms with van der Waals surface area (Å²) in [7, 11) is 0. The molecule has 1 fully saturated rings. The van der Waals surface area contributed by atoms with E-state index in [2.05, 4.69) is 31.9 Å². The number of rotatable bonds is 2. The van der Waals surface area contributed by atoms with Crippen molar-refractivity contribution in [2.75, 3.05) is 13.1 Å². The van der Waals surface area contributed by atoms with Gasteiger partial charge in [-0.2, -0.15) is 0 Å². The van der Waals surface area contributed by atoms with Gasteiger partial charge in [-0.05, 0) is 40.5 Å². The fourth-order valence-corrected chi connectivity index (χ4v) is 3.50. The molecule has 1 heterocycles. The summed E-state index contributed by atoms with van der Waals surface area (Å²) in [6, 6.07) is 5.51. The molecule has 0 N–H and O–H groups in total. The highest BCUT2D eigenvalue weighted by Crippen LogP contribution is 2.25. The Morgan fingerprint density at radius 3 is 2.79 bits per heavy atom. The number of halogens is 2. The van der Waals surface area contributed by atoms with Gasteiger partial charge in [0.1, 0.15) is 5.78 Å². The van der Waals surface area contributed by atoms with Crippen LogP contribution in [0.15, 0.2) is 27.1 Å². The number of carbonyl (C=O) groups excluding carboxylic acids is 2. The normalized spacial score (nSPS) is 19.6. The molecule has 0 spiro atoms. The molecule has 2 rings (SSSR count). The third-order valence-electron chi connectivity index (χ3n) is 3.47. The van der Waals surface area contributed by atoms with Crippen molar-refractivity contribution in [3.8, 4) is 0 Å². The number of Topliss-reactive ketones (excluding diaryl/α,β-unsaturated/α-hetero) is 1. The molecule has 0 aromatic heterocycles. The molecular weight excluding hydrogens is 374 g/mol. The first kappa shape index (κ1) is 14.7. The van der Waals surface area contributed by atoms with E-state index in [4.69, 9.17) is 0 Å². The van der Waals surface area contributed by atoms with Crippen LogP contribution < -0.4 is 0 Å². The second-order valence-electron chi connectivity index (χ2n) is 4.70. The minimum atomic E-state index is -0.00896. The smallest absolute Gasteiger partial charge is 0.255 e. The lowest BCUT2D eigenvalue weighted by molar-refractivity contribution is -0.125. The molecule has 102 valence electrons. The highest BCUT2D eigenvalue weighted by molar-refractivity contribution is 9.11. The first-order valence-electron chi connectivity index (χ1n) is 6.30. The Kier molecular flexibility index (Phi) is 4.79. The molecule has 1 atom stereocenters. The van der Waals surface area contributed by atoms with Crippen molar-refractivity contribution in [1.82, 2.24) is 4.90 Å². The van der Waals surface area contributed by atoms with E-state index in [0.29, 0.717) is 25.1 Å². The minimum absolute atomic E-state index is 0.00748. The van der Waals surface area contributed by atoms with E-state index in [-0.39, 0.29) is 17.6 Å². The van der Waals surface area contributed by atoms with Crippen LogP contribution in [0, 0.1) is 5.92 Å². The Hall–Kier alpha value is -0.680. The van der Waals surface area contributed by atoms with Crippen LogP contribution in [-0.2, 0) is 4.79 Å². The lowest BCUT2D eigenvalue weighted by atomic mass is 9.93. The molecule has 3 nitrogen and oxygen atoms in total. The highest BCUT2D eigenvalue weighted by Gasteiger charge is 2.29. The van der Waals surface area contributed by atoms with Crippen LogP contribution in [0.25, 0.3) is 0 Å². The van der Waals surface area contributed by atoms with E-state index in [1.54, 1.807) is 11.0 Å². The molecule has 1 unspecified atom stereocenters. The zero-order chi connectivity index (χ0) is 14.0. The van der Waals surface area contributed by atoms with Crippen LogP contribution in [0.3, 0.4) is 0 Å². The molecular formula is C14H15Br2NO2. The van der Waals surface area contributed by atoms with Crippen molar-refractivity contribution in [2.45, 2.75) is 19.8 Å². The number of carbonyl (C=O) groups is 2. The number of benzene rings is 1. The van der Waals surface area contributed by atoms with Gasteiger partial charge in [-0.25, -0.2) is 0 Å². The lowest BCUT2D eigenvalue weighted by Gasteiger charge is -2.31. The molecule has 1 aromatic rings. The second kappa shape index (κ2) is 6.18. The number of nitrogens with zero attached hydrogens (tertiary/aromatic N) is 1. The van der Waals surface area contributed by atoms with Crippen molar-refractivity contribution in [2.24, 2.45) is 5.92 Å². The average molecular weight is 389 g/mol. The molecule has 5 heteroatoms. The summed E-state index contributed by atoms with van der Waals surface area (Å²) in [6.45, 7) is 3.05. The van der Waals surface area contributed by atoms with Gasteiger partial charge in [0.25, 0.3) is 5.91 Å². The number of hydrogen-bond acceptors (Lipinski definition) is 2. The fraction of sp³-hybridized carbons (Fsp3) is 0.429. The number of hydrogen-bond donors (Lipinski definition) is 0. The van der Waals surface area contributed by atoms with E-state index in [9.17, 15) is 9.59 Å². The van der Waals surface area contributed by atoms with E-state index in [1.165, 1.54) is 0 Å². The lowest BCUT2D eigenvalue weighted by Crippen LogP contribution is -2.44. The van der Waals surface area contributed by atoms with Crippen LogP contribution in [0.2, 0.25) is 0 Å². The van der Waals surface area contributed by atoms with Crippen LogP contribution >= 0.6 is 31.9 Å². The highest BCUT2D eigenvalue weighted by atomic mass is 79.9. The average Bonchev–Trinajstić information content (AvgIpc) is 2.38. The molecule has 0 bridgehead atoms. The number of amides is 1. The van der Waals surface area contributed by atoms with Crippen molar-refractivity contribution in [3.05, 3.63) is 32.7 Å². The van der Waals surface area contributed by atoms with Gasteiger partial charge in [-0.3, -0.25) is 9.59 Å². The van der Waals surface area contributed by atoms with Gasteiger partial charge >= 0.3 is 0 Å². The Balaban J connectivity index is 2.18. The Morgan fingerprint density at radius 2 is 2.16 bits per heavy atom. The van der Waals surface area contributed by atoms with Gasteiger partial charge in [0.2, 0.25) is 0 Å². The van der Waals surface area contributed by atoms with Crippen molar-refractivity contribution >= 4 is 43.6 Å².